The van der Waals surface area contributed by atoms with Gasteiger partial charge in [0.05, 0.1) is 11.7 Å². The number of nitrogens with two attached hydrogens (primary N) is 1. The quantitative estimate of drug-likeness (QED) is 0.809. The van der Waals surface area contributed by atoms with Gasteiger partial charge in [0, 0.05) is 29.9 Å². The number of halogens is 1. The number of nitrogens with zero attached hydrogens (tertiary/aromatic N) is 1. The Morgan fingerprint density at radius 2 is 2.33 bits per heavy atom. The predicted octanol–water partition coefficient (Wildman–Crippen LogP) is 2.28. The van der Waals surface area contributed by atoms with E-state index in [2.05, 4.69) is 15.9 Å². The number of carbonyl (C=O) groups is 1. The Labute approximate surface area is 115 Å². The van der Waals surface area contributed by atoms with Crippen LogP contribution < -0.4 is 5.73 Å². The SMILES string of the molecule is CC1CN(C(=O)c2cc(N)ccc2Br)CCCO1. The zero-order valence-corrected chi connectivity index (χ0v) is 11.9. The van der Waals surface area contributed by atoms with E-state index in [1.165, 1.54) is 0 Å². The van der Waals surface area contributed by atoms with Gasteiger partial charge in [-0.25, -0.2) is 0 Å². The number of anilines is 1. The maximum Gasteiger partial charge on any atom is 0.255 e. The molecule has 1 aromatic carbocycles. The van der Waals surface area contributed by atoms with Crippen molar-refractivity contribution < 1.29 is 9.53 Å². The molecule has 0 aliphatic carbocycles. The van der Waals surface area contributed by atoms with Crippen LogP contribution in [0.15, 0.2) is 22.7 Å². The molecule has 1 heterocycles. The summed E-state index contributed by atoms with van der Waals surface area (Å²) in [6.45, 7) is 4.05. The summed E-state index contributed by atoms with van der Waals surface area (Å²) >= 11 is 3.40. The minimum atomic E-state index is 0.00604. The Kier molecular flexibility index (Phi) is 4.24. The van der Waals surface area contributed by atoms with Crippen LogP contribution in [0.2, 0.25) is 0 Å². The summed E-state index contributed by atoms with van der Waals surface area (Å²) in [6.07, 6.45) is 0.951. The van der Waals surface area contributed by atoms with Crippen LogP contribution in [0.4, 0.5) is 5.69 Å². The first-order valence-electron chi connectivity index (χ1n) is 6.04. The van der Waals surface area contributed by atoms with Crippen LogP contribution in [0.5, 0.6) is 0 Å². The van der Waals surface area contributed by atoms with Gasteiger partial charge < -0.3 is 15.4 Å². The fourth-order valence-electron chi connectivity index (χ4n) is 2.06. The lowest BCUT2D eigenvalue weighted by atomic mass is 10.1. The monoisotopic (exact) mass is 312 g/mol. The zero-order valence-electron chi connectivity index (χ0n) is 10.4. The number of amides is 1. The number of ether oxygens (including phenoxy) is 1. The Morgan fingerprint density at radius 1 is 1.56 bits per heavy atom. The molecule has 0 aromatic heterocycles. The number of hydrogen-bond donors (Lipinski definition) is 1. The third-order valence-electron chi connectivity index (χ3n) is 2.96. The third kappa shape index (κ3) is 3.03. The largest absolute Gasteiger partial charge is 0.399 e. The fourth-order valence-corrected chi connectivity index (χ4v) is 2.47. The van der Waals surface area contributed by atoms with Crippen molar-refractivity contribution in [2.45, 2.75) is 19.4 Å². The second kappa shape index (κ2) is 5.71. The van der Waals surface area contributed by atoms with Crippen molar-refractivity contribution >= 4 is 27.5 Å². The van der Waals surface area contributed by atoms with Crippen LogP contribution in [-0.4, -0.2) is 36.6 Å². The molecule has 2 N–H and O–H groups in total. The average Bonchev–Trinajstić information content (AvgIpc) is 2.56. The molecule has 1 unspecified atom stereocenters. The van der Waals surface area contributed by atoms with Crippen molar-refractivity contribution in [3.05, 3.63) is 28.2 Å². The molecule has 5 heteroatoms. The molecule has 1 atom stereocenters. The molecule has 1 aromatic rings. The van der Waals surface area contributed by atoms with Gasteiger partial charge in [-0.3, -0.25) is 4.79 Å². The van der Waals surface area contributed by atoms with Crippen molar-refractivity contribution in [3.8, 4) is 0 Å². The highest BCUT2D eigenvalue weighted by atomic mass is 79.9. The fraction of sp³-hybridized carbons (Fsp3) is 0.462. The summed E-state index contributed by atoms with van der Waals surface area (Å²) in [6, 6.07) is 5.29. The van der Waals surface area contributed by atoms with E-state index >= 15 is 0 Å². The zero-order chi connectivity index (χ0) is 13.1. The number of nitrogen functional groups attached to an aromatic ring is 1. The van der Waals surface area contributed by atoms with Crippen molar-refractivity contribution in [1.29, 1.82) is 0 Å². The van der Waals surface area contributed by atoms with Crippen molar-refractivity contribution in [3.63, 3.8) is 0 Å². The van der Waals surface area contributed by atoms with E-state index < -0.39 is 0 Å². The molecule has 0 saturated carbocycles. The minimum absolute atomic E-state index is 0.00604. The molecule has 1 saturated heterocycles. The van der Waals surface area contributed by atoms with E-state index in [0.717, 1.165) is 17.4 Å². The van der Waals surface area contributed by atoms with Crippen LogP contribution in [0, 0.1) is 0 Å². The maximum atomic E-state index is 12.5. The third-order valence-corrected chi connectivity index (χ3v) is 3.65. The molecule has 2 rings (SSSR count). The number of carbonyl (C=O) groups excluding carboxylic acids is 1. The minimum Gasteiger partial charge on any atom is -0.399 e. The van der Waals surface area contributed by atoms with Gasteiger partial charge in [0.2, 0.25) is 0 Å². The van der Waals surface area contributed by atoms with E-state index in [9.17, 15) is 4.79 Å². The highest BCUT2D eigenvalue weighted by Gasteiger charge is 2.22. The molecular formula is C13H17BrN2O2. The summed E-state index contributed by atoms with van der Waals surface area (Å²) in [5.41, 5.74) is 6.95. The molecule has 0 bridgehead atoms. The van der Waals surface area contributed by atoms with Gasteiger partial charge in [0.1, 0.15) is 0 Å². The van der Waals surface area contributed by atoms with Crippen LogP contribution in [-0.2, 0) is 4.74 Å². The molecule has 1 amide bonds. The van der Waals surface area contributed by atoms with Gasteiger partial charge >= 0.3 is 0 Å². The molecule has 4 nitrogen and oxygen atoms in total. The molecular weight excluding hydrogens is 296 g/mol. The average molecular weight is 313 g/mol. The lowest BCUT2D eigenvalue weighted by molar-refractivity contribution is 0.0562. The second-order valence-electron chi connectivity index (χ2n) is 4.53. The summed E-state index contributed by atoms with van der Waals surface area (Å²) in [5.74, 6) is 0.00604. The summed E-state index contributed by atoms with van der Waals surface area (Å²) in [4.78, 5) is 14.3. The van der Waals surface area contributed by atoms with E-state index in [1.807, 2.05) is 11.8 Å². The molecule has 1 aliphatic heterocycles. The van der Waals surface area contributed by atoms with Crippen LogP contribution in [0.25, 0.3) is 0 Å². The Morgan fingerprint density at radius 3 is 3.11 bits per heavy atom. The standard InChI is InChI=1S/C13H17BrN2O2/c1-9-8-16(5-2-6-18-9)13(17)11-7-10(15)3-4-12(11)14/h3-4,7,9H,2,5-6,8,15H2,1H3. The first-order chi connectivity index (χ1) is 8.58. The lowest BCUT2D eigenvalue weighted by Gasteiger charge is -2.22. The van der Waals surface area contributed by atoms with Gasteiger partial charge in [0.15, 0.2) is 0 Å². The number of rotatable bonds is 1. The van der Waals surface area contributed by atoms with E-state index in [0.29, 0.717) is 24.4 Å². The molecule has 1 aliphatic rings. The van der Waals surface area contributed by atoms with Gasteiger partial charge in [0.25, 0.3) is 5.91 Å². The van der Waals surface area contributed by atoms with E-state index in [1.54, 1.807) is 18.2 Å². The molecule has 98 valence electrons. The molecule has 0 radical (unpaired) electrons. The number of benzene rings is 1. The molecule has 1 fully saturated rings. The second-order valence-corrected chi connectivity index (χ2v) is 5.38. The summed E-state index contributed by atoms with van der Waals surface area (Å²) in [5, 5.41) is 0. The Balaban J connectivity index is 2.21. The molecule has 18 heavy (non-hydrogen) atoms. The van der Waals surface area contributed by atoms with Crippen LogP contribution >= 0.6 is 15.9 Å². The lowest BCUT2D eigenvalue weighted by Crippen LogP contribution is -2.36. The van der Waals surface area contributed by atoms with Gasteiger partial charge in [-0.1, -0.05) is 0 Å². The summed E-state index contributed by atoms with van der Waals surface area (Å²) < 4.78 is 6.32. The molecule has 0 spiro atoms. The highest BCUT2D eigenvalue weighted by molar-refractivity contribution is 9.10. The summed E-state index contributed by atoms with van der Waals surface area (Å²) in [7, 11) is 0. The van der Waals surface area contributed by atoms with Crippen molar-refractivity contribution in [2.24, 2.45) is 0 Å². The van der Waals surface area contributed by atoms with E-state index in [4.69, 9.17) is 10.5 Å². The van der Waals surface area contributed by atoms with Gasteiger partial charge in [-0.15, -0.1) is 0 Å². The Bertz CT molecular complexity index is 451. The van der Waals surface area contributed by atoms with Crippen LogP contribution in [0.3, 0.4) is 0 Å². The highest BCUT2D eigenvalue weighted by Crippen LogP contribution is 2.22. The van der Waals surface area contributed by atoms with Crippen LogP contribution in [0.1, 0.15) is 23.7 Å². The smallest absolute Gasteiger partial charge is 0.255 e. The van der Waals surface area contributed by atoms with Crippen molar-refractivity contribution in [1.82, 2.24) is 4.90 Å². The number of hydrogen-bond acceptors (Lipinski definition) is 3. The normalized spacial score (nSPS) is 20.6. The van der Waals surface area contributed by atoms with E-state index in [-0.39, 0.29) is 12.0 Å². The maximum absolute atomic E-state index is 12.5. The topological polar surface area (TPSA) is 55.6 Å². The predicted molar refractivity (Wildman–Crippen MR) is 74.5 cm³/mol. The van der Waals surface area contributed by atoms with Crippen molar-refractivity contribution in [2.75, 3.05) is 25.4 Å². The van der Waals surface area contributed by atoms with Gasteiger partial charge in [-0.05, 0) is 47.5 Å². The Hall–Kier alpha value is -1.07. The first-order valence-corrected chi connectivity index (χ1v) is 6.83. The van der Waals surface area contributed by atoms with Gasteiger partial charge in [-0.2, -0.15) is 0 Å². The first kappa shape index (κ1) is 13.4.